The van der Waals surface area contributed by atoms with Crippen LogP contribution < -0.4 is 10.2 Å². The summed E-state index contributed by atoms with van der Waals surface area (Å²) in [6.45, 7) is 9.18. The van der Waals surface area contributed by atoms with Crippen molar-refractivity contribution in [2.75, 3.05) is 36.5 Å². The number of fused-ring (bicyclic) bond motifs is 1. The number of rotatable bonds is 3. The zero-order chi connectivity index (χ0) is 21.5. The van der Waals surface area contributed by atoms with Crippen LogP contribution in [-0.4, -0.2) is 52.2 Å². The van der Waals surface area contributed by atoms with Crippen molar-refractivity contribution >= 4 is 17.5 Å². The van der Waals surface area contributed by atoms with Gasteiger partial charge < -0.3 is 15.0 Å². The van der Waals surface area contributed by atoms with E-state index in [2.05, 4.69) is 52.5 Å². The summed E-state index contributed by atoms with van der Waals surface area (Å²) in [5.74, 6) is 2.04. The van der Waals surface area contributed by atoms with Crippen LogP contribution in [0.5, 0.6) is 0 Å². The molecule has 1 saturated heterocycles. The summed E-state index contributed by atoms with van der Waals surface area (Å²) in [4.78, 5) is 14.8. The van der Waals surface area contributed by atoms with Crippen molar-refractivity contribution in [1.29, 1.82) is 0 Å². The molecule has 1 aromatic carbocycles. The lowest BCUT2D eigenvalue weighted by Gasteiger charge is -2.27. The van der Waals surface area contributed by atoms with Crippen LogP contribution in [0.1, 0.15) is 40.3 Å². The van der Waals surface area contributed by atoms with Crippen LogP contribution in [0.3, 0.4) is 0 Å². The summed E-state index contributed by atoms with van der Waals surface area (Å²) in [5.41, 5.74) is 5.53. The molecule has 0 unspecified atom stereocenters. The third-order valence-corrected chi connectivity index (χ3v) is 6.22. The number of nitrogens with one attached hydrogen (secondary N) is 1. The third-order valence-electron chi connectivity index (χ3n) is 6.22. The van der Waals surface area contributed by atoms with E-state index >= 15 is 0 Å². The highest BCUT2D eigenvalue weighted by Gasteiger charge is 2.33. The highest BCUT2D eigenvalue weighted by molar-refractivity contribution is 5.95. The molecule has 0 radical (unpaired) electrons. The van der Waals surface area contributed by atoms with Gasteiger partial charge in [-0.2, -0.15) is 9.78 Å². The topological polar surface area (TPSA) is 85.2 Å². The van der Waals surface area contributed by atoms with E-state index in [1.165, 1.54) is 11.1 Å². The van der Waals surface area contributed by atoms with E-state index in [0.29, 0.717) is 31.3 Å². The van der Waals surface area contributed by atoms with E-state index in [1.54, 1.807) is 4.68 Å². The molecule has 2 aliphatic rings. The number of amides is 1. The Hall–Kier alpha value is -3.26. The van der Waals surface area contributed by atoms with E-state index in [1.807, 2.05) is 19.1 Å². The first-order chi connectivity index (χ1) is 15.0. The number of aryl methyl sites for hydroxylation is 3. The normalized spacial score (nSPS) is 18.6. The van der Waals surface area contributed by atoms with Crippen molar-refractivity contribution in [3.63, 3.8) is 0 Å². The second kappa shape index (κ2) is 7.77. The van der Waals surface area contributed by atoms with Gasteiger partial charge in [-0.25, -0.2) is 0 Å². The van der Waals surface area contributed by atoms with Crippen LogP contribution in [-0.2, 0) is 9.53 Å². The number of morpholine rings is 1. The number of carbonyl (C=O) groups excluding carboxylic acids is 1. The SMILES string of the molecule is Cc1ccc([C@@H]2CC(=O)Nc3c2c(C)nn3-c2ccc(N3CCOCC3)nn2)cc1C. The zero-order valence-electron chi connectivity index (χ0n) is 18.1. The van der Waals surface area contributed by atoms with Crippen LogP contribution in [0.4, 0.5) is 11.6 Å². The Bertz CT molecular complexity index is 1130. The number of anilines is 2. The molecule has 5 rings (SSSR count). The number of carbonyl (C=O) groups is 1. The lowest BCUT2D eigenvalue weighted by atomic mass is 9.84. The molecule has 1 amide bonds. The summed E-state index contributed by atoms with van der Waals surface area (Å²) in [6.07, 6.45) is 0.406. The predicted molar refractivity (Wildman–Crippen MR) is 118 cm³/mol. The van der Waals surface area contributed by atoms with Gasteiger partial charge in [-0.3, -0.25) is 4.79 Å². The smallest absolute Gasteiger partial charge is 0.226 e. The average molecular weight is 419 g/mol. The lowest BCUT2D eigenvalue weighted by molar-refractivity contribution is -0.116. The van der Waals surface area contributed by atoms with Gasteiger partial charge in [0.1, 0.15) is 5.82 Å². The average Bonchev–Trinajstić information content (AvgIpc) is 3.12. The molecular weight excluding hydrogens is 392 g/mol. The second-order valence-corrected chi connectivity index (χ2v) is 8.26. The summed E-state index contributed by atoms with van der Waals surface area (Å²) >= 11 is 0. The van der Waals surface area contributed by atoms with Crippen molar-refractivity contribution in [3.05, 3.63) is 58.3 Å². The number of hydrogen-bond donors (Lipinski definition) is 1. The van der Waals surface area contributed by atoms with Gasteiger partial charge >= 0.3 is 0 Å². The highest BCUT2D eigenvalue weighted by atomic mass is 16.5. The van der Waals surface area contributed by atoms with Crippen LogP contribution >= 0.6 is 0 Å². The number of benzene rings is 1. The minimum absolute atomic E-state index is 0.0187. The quantitative estimate of drug-likeness (QED) is 0.704. The molecule has 0 aliphatic carbocycles. The summed E-state index contributed by atoms with van der Waals surface area (Å²) in [6, 6.07) is 10.3. The minimum Gasteiger partial charge on any atom is -0.378 e. The molecule has 31 heavy (non-hydrogen) atoms. The number of nitrogens with zero attached hydrogens (tertiary/aromatic N) is 5. The van der Waals surface area contributed by atoms with Crippen molar-refractivity contribution in [3.8, 4) is 5.82 Å². The van der Waals surface area contributed by atoms with E-state index < -0.39 is 0 Å². The van der Waals surface area contributed by atoms with Gasteiger partial charge in [-0.05, 0) is 49.6 Å². The van der Waals surface area contributed by atoms with Gasteiger partial charge in [-0.1, -0.05) is 18.2 Å². The number of aromatic nitrogens is 4. The largest absolute Gasteiger partial charge is 0.378 e. The van der Waals surface area contributed by atoms with Crippen LogP contribution in [0, 0.1) is 20.8 Å². The second-order valence-electron chi connectivity index (χ2n) is 8.26. The zero-order valence-corrected chi connectivity index (χ0v) is 18.1. The van der Waals surface area contributed by atoms with Gasteiger partial charge in [0.15, 0.2) is 11.6 Å². The first kappa shape index (κ1) is 19.7. The molecule has 8 nitrogen and oxygen atoms in total. The highest BCUT2D eigenvalue weighted by Crippen LogP contribution is 2.40. The molecule has 1 fully saturated rings. The van der Waals surface area contributed by atoms with Crippen LogP contribution in [0.2, 0.25) is 0 Å². The maximum absolute atomic E-state index is 12.6. The molecule has 1 atom stereocenters. The van der Waals surface area contributed by atoms with Gasteiger partial charge in [0.05, 0.1) is 18.9 Å². The Morgan fingerprint density at radius 1 is 1.00 bits per heavy atom. The van der Waals surface area contributed by atoms with Crippen molar-refractivity contribution in [2.45, 2.75) is 33.1 Å². The number of ether oxygens (including phenoxy) is 1. The Morgan fingerprint density at radius 3 is 2.45 bits per heavy atom. The molecule has 0 spiro atoms. The fourth-order valence-corrected chi connectivity index (χ4v) is 4.37. The van der Waals surface area contributed by atoms with E-state index in [4.69, 9.17) is 9.84 Å². The molecule has 0 bridgehead atoms. The first-order valence-corrected chi connectivity index (χ1v) is 10.6. The molecule has 8 heteroatoms. The Kier molecular flexibility index (Phi) is 4.94. The molecule has 0 saturated carbocycles. The number of hydrogen-bond acceptors (Lipinski definition) is 6. The molecule has 3 aromatic rings. The van der Waals surface area contributed by atoms with E-state index in [9.17, 15) is 4.79 Å². The van der Waals surface area contributed by atoms with Crippen LogP contribution in [0.25, 0.3) is 5.82 Å². The molecule has 160 valence electrons. The summed E-state index contributed by atoms with van der Waals surface area (Å²) < 4.78 is 7.11. The van der Waals surface area contributed by atoms with Gasteiger partial charge in [0.25, 0.3) is 0 Å². The third kappa shape index (κ3) is 3.57. The predicted octanol–water partition coefficient (Wildman–Crippen LogP) is 2.90. The molecule has 1 N–H and O–H groups in total. The van der Waals surface area contributed by atoms with Gasteiger partial charge in [-0.15, -0.1) is 10.2 Å². The maximum atomic E-state index is 12.6. The monoisotopic (exact) mass is 418 g/mol. The van der Waals surface area contributed by atoms with Crippen molar-refractivity contribution in [1.82, 2.24) is 20.0 Å². The van der Waals surface area contributed by atoms with Crippen molar-refractivity contribution in [2.24, 2.45) is 0 Å². The lowest BCUT2D eigenvalue weighted by Crippen LogP contribution is -2.36. The fraction of sp³-hybridized carbons (Fsp3) is 0.391. The minimum atomic E-state index is -0.0302. The first-order valence-electron chi connectivity index (χ1n) is 10.6. The van der Waals surface area contributed by atoms with Crippen LogP contribution in [0.15, 0.2) is 30.3 Å². The molecule has 2 aliphatic heterocycles. The summed E-state index contributed by atoms with van der Waals surface area (Å²) in [5, 5.41) is 16.6. The molecule has 4 heterocycles. The Morgan fingerprint density at radius 2 is 1.74 bits per heavy atom. The Labute approximate surface area is 181 Å². The maximum Gasteiger partial charge on any atom is 0.226 e. The standard InChI is InChI=1S/C23H26N6O2/c1-14-4-5-17(12-15(14)2)18-13-21(30)24-23-22(18)16(3)27-29(23)20-7-6-19(25-26-20)28-8-10-31-11-9-28/h4-7,12,18H,8-11,13H2,1-3H3,(H,24,30)/t18-/m0/s1. The van der Waals surface area contributed by atoms with E-state index in [0.717, 1.165) is 35.7 Å². The van der Waals surface area contributed by atoms with E-state index in [-0.39, 0.29) is 11.8 Å². The Balaban J connectivity index is 1.52. The fourth-order valence-electron chi connectivity index (χ4n) is 4.37. The van der Waals surface area contributed by atoms with Gasteiger partial charge in [0.2, 0.25) is 5.91 Å². The van der Waals surface area contributed by atoms with Gasteiger partial charge in [0, 0.05) is 31.0 Å². The molecular formula is C23H26N6O2. The molecule has 2 aromatic heterocycles. The van der Waals surface area contributed by atoms with Crippen molar-refractivity contribution < 1.29 is 9.53 Å². The summed E-state index contributed by atoms with van der Waals surface area (Å²) in [7, 11) is 0.